The highest BCUT2D eigenvalue weighted by Gasteiger charge is 2.43. The fraction of sp³-hybridized carbons (Fsp3) is 0.500. The van der Waals surface area contributed by atoms with Gasteiger partial charge in [0.05, 0.1) is 17.1 Å². The van der Waals surface area contributed by atoms with Crippen molar-refractivity contribution in [3.63, 3.8) is 0 Å². The van der Waals surface area contributed by atoms with Gasteiger partial charge in [-0.3, -0.25) is 10.1 Å². The lowest BCUT2D eigenvalue weighted by molar-refractivity contribution is -0.386. The minimum atomic E-state index is -0.705. The van der Waals surface area contributed by atoms with Crippen LogP contribution in [0.4, 0.5) is 10.1 Å². The summed E-state index contributed by atoms with van der Waals surface area (Å²) in [7, 11) is 0. The van der Waals surface area contributed by atoms with Crippen molar-refractivity contribution in [3.8, 4) is 5.75 Å². The van der Waals surface area contributed by atoms with Crippen LogP contribution in [0.1, 0.15) is 13.3 Å². The molecule has 0 aliphatic heterocycles. The van der Waals surface area contributed by atoms with Gasteiger partial charge in [-0.05, 0) is 19.1 Å². The first kappa shape index (κ1) is 13.7. The van der Waals surface area contributed by atoms with E-state index in [9.17, 15) is 19.6 Å². The molecule has 3 atom stereocenters. The summed E-state index contributed by atoms with van der Waals surface area (Å²) in [5.74, 6) is -0.720. The van der Waals surface area contributed by atoms with Gasteiger partial charge >= 0.3 is 5.69 Å². The summed E-state index contributed by atoms with van der Waals surface area (Å²) >= 11 is 0. The van der Waals surface area contributed by atoms with Gasteiger partial charge in [0.15, 0.2) is 5.75 Å². The number of hydrogen-bond donors (Lipinski definition) is 1. The zero-order valence-electron chi connectivity index (χ0n) is 10.3. The van der Waals surface area contributed by atoms with Gasteiger partial charge in [0.1, 0.15) is 18.0 Å². The molecule has 1 N–H and O–H groups in total. The van der Waals surface area contributed by atoms with Crippen LogP contribution in [0.5, 0.6) is 5.75 Å². The first-order valence-electron chi connectivity index (χ1n) is 5.93. The highest BCUT2D eigenvalue weighted by atomic mass is 19.1. The molecular formula is C12H14FNO5. The molecule has 104 valence electrons. The Morgan fingerprint density at radius 2 is 2.32 bits per heavy atom. The Morgan fingerprint density at radius 1 is 1.58 bits per heavy atom. The van der Waals surface area contributed by atoms with E-state index < -0.39 is 34.7 Å². The molecule has 6 nitrogen and oxygen atoms in total. The lowest BCUT2D eigenvalue weighted by Gasteiger charge is -2.40. The predicted octanol–water partition coefficient (Wildman–Crippen LogP) is 1.65. The van der Waals surface area contributed by atoms with E-state index in [0.717, 1.165) is 12.1 Å². The van der Waals surface area contributed by atoms with E-state index in [1.54, 1.807) is 6.92 Å². The van der Waals surface area contributed by atoms with Gasteiger partial charge in [-0.15, -0.1) is 0 Å². The second-order valence-electron chi connectivity index (χ2n) is 4.25. The molecule has 1 aliphatic rings. The van der Waals surface area contributed by atoms with E-state index in [-0.39, 0.29) is 5.75 Å². The molecule has 0 saturated heterocycles. The van der Waals surface area contributed by atoms with Gasteiger partial charge in [-0.1, -0.05) is 0 Å². The molecule has 7 heteroatoms. The van der Waals surface area contributed by atoms with Gasteiger partial charge in [-0.2, -0.15) is 0 Å². The molecule has 0 aromatic heterocycles. The quantitative estimate of drug-likeness (QED) is 0.650. The van der Waals surface area contributed by atoms with Gasteiger partial charge < -0.3 is 14.6 Å². The summed E-state index contributed by atoms with van der Waals surface area (Å²) in [5.41, 5.74) is -0.434. The zero-order chi connectivity index (χ0) is 14.0. The molecule has 19 heavy (non-hydrogen) atoms. The normalized spacial score (nSPS) is 25.7. The fourth-order valence-electron chi connectivity index (χ4n) is 1.98. The van der Waals surface area contributed by atoms with Gasteiger partial charge in [0.2, 0.25) is 0 Å². The highest BCUT2D eigenvalue weighted by Crippen LogP contribution is 2.34. The van der Waals surface area contributed by atoms with Crippen molar-refractivity contribution in [2.75, 3.05) is 6.61 Å². The van der Waals surface area contributed by atoms with Crippen molar-refractivity contribution in [2.24, 2.45) is 0 Å². The number of benzene rings is 1. The molecule has 0 amide bonds. The molecule has 1 aromatic rings. The van der Waals surface area contributed by atoms with Crippen LogP contribution in [0.3, 0.4) is 0 Å². The number of rotatable bonds is 5. The van der Waals surface area contributed by atoms with Crippen molar-refractivity contribution < 1.29 is 23.9 Å². The molecule has 0 bridgehead atoms. The summed E-state index contributed by atoms with van der Waals surface area (Å²) < 4.78 is 23.7. The average molecular weight is 271 g/mol. The molecule has 1 aromatic carbocycles. The Balaban J connectivity index is 2.13. The lowest BCUT2D eigenvalue weighted by atomic mass is 9.88. The molecule has 0 spiro atoms. The SMILES string of the molecule is CCOC1C(O)CC1Oc1ccc(F)cc1[N+](=O)[O-]. The number of nitrogens with zero attached hydrogens (tertiary/aromatic N) is 1. The second kappa shape index (κ2) is 5.50. The Morgan fingerprint density at radius 3 is 2.89 bits per heavy atom. The largest absolute Gasteiger partial charge is 0.481 e. The number of aliphatic hydroxyl groups is 1. The third-order valence-corrected chi connectivity index (χ3v) is 2.97. The zero-order valence-corrected chi connectivity index (χ0v) is 10.3. The van der Waals surface area contributed by atoms with E-state index >= 15 is 0 Å². The number of ether oxygens (including phenoxy) is 2. The Bertz CT molecular complexity index is 481. The van der Waals surface area contributed by atoms with Crippen molar-refractivity contribution >= 4 is 5.69 Å². The van der Waals surface area contributed by atoms with Crippen molar-refractivity contribution in [1.29, 1.82) is 0 Å². The number of hydrogen-bond acceptors (Lipinski definition) is 5. The second-order valence-corrected chi connectivity index (χ2v) is 4.25. The van der Waals surface area contributed by atoms with Crippen LogP contribution in [0.2, 0.25) is 0 Å². The monoisotopic (exact) mass is 271 g/mol. The Labute approximate surface area is 108 Å². The van der Waals surface area contributed by atoms with Crippen LogP contribution in [0, 0.1) is 15.9 Å². The van der Waals surface area contributed by atoms with Crippen LogP contribution in [0.15, 0.2) is 18.2 Å². The first-order chi connectivity index (χ1) is 9.02. The molecule has 3 unspecified atom stereocenters. The third kappa shape index (κ3) is 2.82. The molecule has 0 radical (unpaired) electrons. The Hall–Kier alpha value is -1.73. The van der Waals surface area contributed by atoms with Gasteiger partial charge in [-0.25, -0.2) is 4.39 Å². The van der Waals surface area contributed by atoms with Crippen LogP contribution in [-0.4, -0.2) is 34.9 Å². The van der Waals surface area contributed by atoms with Gasteiger partial charge in [0, 0.05) is 13.0 Å². The smallest absolute Gasteiger partial charge is 0.313 e. The summed E-state index contributed by atoms with van der Waals surface area (Å²) in [6.45, 7) is 2.19. The van der Waals surface area contributed by atoms with Crippen LogP contribution in [-0.2, 0) is 4.74 Å². The molecule has 1 fully saturated rings. The van der Waals surface area contributed by atoms with E-state index in [0.29, 0.717) is 13.0 Å². The molecule has 0 heterocycles. The van der Waals surface area contributed by atoms with Crippen LogP contribution < -0.4 is 4.74 Å². The van der Waals surface area contributed by atoms with E-state index in [1.165, 1.54) is 6.07 Å². The number of halogens is 1. The third-order valence-electron chi connectivity index (χ3n) is 2.97. The maximum absolute atomic E-state index is 13.0. The molecule has 1 aliphatic carbocycles. The van der Waals surface area contributed by atoms with Crippen LogP contribution >= 0.6 is 0 Å². The highest BCUT2D eigenvalue weighted by molar-refractivity contribution is 5.46. The van der Waals surface area contributed by atoms with E-state index in [4.69, 9.17) is 9.47 Å². The van der Waals surface area contributed by atoms with Crippen molar-refractivity contribution in [1.82, 2.24) is 0 Å². The summed E-state index contributed by atoms with van der Waals surface area (Å²) in [6.07, 6.45) is -1.27. The van der Waals surface area contributed by atoms with E-state index in [2.05, 4.69) is 0 Å². The Kier molecular flexibility index (Phi) is 3.96. The molecular weight excluding hydrogens is 257 g/mol. The first-order valence-corrected chi connectivity index (χ1v) is 5.93. The van der Waals surface area contributed by atoms with Crippen LogP contribution in [0.25, 0.3) is 0 Å². The lowest BCUT2D eigenvalue weighted by Crippen LogP contribution is -2.55. The predicted molar refractivity (Wildman–Crippen MR) is 63.5 cm³/mol. The molecule has 1 saturated carbocycles. The number of nitro groups is 1. The van der Waals surface area contributed by atoms with Crippen molar-refractivity contribution in [2.45, 2.75) is 31.7 Å². The number of aliphatic hydroxyl groups excluding tert-OH is 1. The number of nitro benzene ring substituents is 1. The fourth-order valence-corrected chi connectivity index (χ4v) is 1.98. The van der Waals surface area contributed by atoms with Gasteiger partial charge in [0.25, 0.3) is 0 Å². The molecule has 2 rings (SSSR count). The maximum atomic E-state index is 13.0. The summed E-state index contributed by atoms with van der Waals surface area (Å²) in [5, 5.41) is 20.3. The summed E-state index contributed by atoms with van der Waals surface area (Å²) in [6, 6.07) is 3.11. The van der Waals surface area contributed by atoms with Crippen molar-refractivity contribution in [3.05, 3.63) is 34.1 Å². The topological polar surface area (TPSA) is 81.8 Å². The average Bonchev–Trinajstić information content (AvgIpc) is 2.37. The van der Waals surface area contributed by atoms with E-state index in [1.807, 2.05) is 0 Å². The standard InChI is InChI=1S/C12H14FNO5/c1-2-18-12-9(15)6-11(12)19-10-4-3-7(13)5-8(10)14(16)17/h3-5,9,11-12,15H,2,6H2,1H3. The minimum absolute atomic E-state index is 0.0204. The maximum Gasteiger partial charge on any atom is 0.313 e. The summed E-state index contributed by atoms with van der Waals surface area (Å²) in [4.78, 5) is 10.1. The minimum Gasteiger partial charge on any atom is -0.481 e.